The SMILES string of the molecule is CCOC(=O)Cn1c2cc(Br)ccc2c(=O)c2ccc(Cl)c(N(C)C)c21.CCOC(=O)Cn1c2cc(Nc3ccncc3)ccc2c(=O)c2ccc(Cl)c(N(C)C)c21.CN(C)c1c(Cl)ccc2c(=O)c3ccc(Nc4ccncc4)cc3n(CC(=O)O)c12.Nc1ccncc1. The molecule has 95 heavy (non-hydrogen) atoms. The number of halogens is 4. The Kier molecular flexibility index (Phi) is 22.3. The molecule has 0 aliphatic heterocycles. The van der Waals surface area contributed by atoms with Gasteiger partial charge in [0.05, 0.1) is 78.4 Å². The summed E-state index contributed by atoms with van der Waals surface area (Å²) >= 11 is 22.8. The summed E-state index contributed by atoms with van der Waals surface area (Å²) < 4.78 is 16.4. The Hall–Kier alpha value is -10.3. The van der Waals surface area contributed by atoms with E-state index in [1.807, 2.05) is 105 Å². The van der Waals surface area contributed by atoms with E-state index in [-0.39, 0.29) is 48.5 Å². The number of aromatic nitrogens is 6. The van der Waals surface area contributed by atoms with E-state index in [0.717, 1.165) is 32.9 Å². The number of anilines is 8. The van der Waals surface area contributed by atoms with Crippen molar-refractivity contribution >= 4 is 180 Å². The number of ether oxygens (including phenoxy) is 2. The van der Waals surface area contributed by atoms with Crippen LogP contribution in [-0.4, -0.2) is 107 Å². The number of esters is 2. The number of nitrogens with zero attached hydrogens (tertiary/aromatic N) is 9. The van der Waals surface area contributed by atoms with Crippen molar-refractivity contribution in [1.29, 1.82) is 0 Å². The lowest BCUT2D eigenvalue weighted by molar-refractivity contribution is -0.144. The number of carboxylic acid groups (broad SMARTS) is 1. The van der Waals surface area contributed by atoms with E-state index in [2.05, 4.69) is 41.5 Å². The highest BCUT2D eigenvalue weighted by atomic mass is 79.9. The van der Waals surface area contributed by atoms with Crippen molar-refractivity contribution in [3.8, 4) is 0 Å². The number of nitrogens with two attached hydrogens (primary N) is 1. The Morgan fingerprint density at radius 2 is 0.779 bits per heavy atom. The third kappa shape index (κ3) is 15.5. The number of carbonyl (C=O) groups excluding carboxylic acids is 2. The van der Waals surface area contributed by atoms with Gasteiger partial charge in [-0.3, -0.25) is 43.7 Å². The van der Waals surface area contributed by atoms with Crippen molar-refractivity contribution in [1.82, 2.24) is 28.7 Å². The van der Waals surface area contributed by atoms with Gasteiger partial charge < -0.3 is 59.3 Å². The van der Waals surface area contributed by atoms with Crippen LogP contribution in [0.2, 0.25) is 15.1 Å². The zero-order valence-corrected chi connectivity index (χ0v) is 56.8. The fourth-order valence-electron chi connectivity index (χ4n) is 10.9. The normalized spacial score (nSPS) is 10.9. The second-order valence-corrected chi connectivity index (χ2v) is 24.1. The predicted molar refractivity (Wildman–Crippen MR) is 387 cm³/mol. The number of nitrogens with one attached hydrogen (secondary N) is 2. The van der Waals surface area contributed by atoms with Crippen molar-refractivity contribution < 1.29 is 29.0 Å². The first-order chi connectivity index (χ1) is 45.5. The maximum Gasteiger partial charge on any atom is 0.325 e. The molecule has 6 aromatic carbocycles. The van der Waals surface area contributed by atoms with Gasteiger partial charge in [0.1, 0.15) is 19.6 Å². The minimum absolute atomic E-state index is 0.0151. The number of carboxylic acids is 1. The Morgan fingerprint density at radius 1 is 0.463 bits per heavy atom. The van der Waals surface area contributed by atoms with Crippen LogP contribution in [0.1, 0.15) is 13.8 Å². The molecule has 0 fully saturated rings. The minimum atomic E-state index is -1.02. The number of nitrogen functional groups attached to an aromatic ring is 1. The average molecular weight is 1410 g/mol. The van der Waals surface area contributed by atoms with Crippen LogP contribution in [-0.2, 0) is 43.5 Å². The summed E-state index contributed by atoms with van der Waals surface area (Å²) in [5, 5.41) is 20.5. The molecule has 0 aliphatic carbocycles. The number of fused-ring (bicyclic) bond motifs is 6. The van der Waals surface area contributed by atoms with Crippen LogP contribution >= 0.6 is 50.7 Å². The smallest absolute Gasteiger partial charge is 0.325 e. The standard InChI is InChI=1S/C24H23ClN4O3.C22H19ClN4O3.C19H18BrClN2O3.C5H6N2/c1-4-32-21(30)14-29-20-13-16(27-15-9-11-26-12-10-15)5-6-17(20)24(31)18-7-8-19(25)23(22(18)29)28(2)3;1-26(2)21-17(23)6-5-16-20(21)27(12-19(28)29)18-11-14(3-4-15(18)22(16)30)25-13-7-9-24-10-8-13;1-4-26-16(24)10-23-15-9-11(20)5-6-12(15)19(25)13-7-8-14(21)18(17(13)23)22(2)3;6-5-1-3-7-4-2-5/h5-13H,4,14H2,1-3H3,(H,26,27);3-11H,12H2,1-2H3,(H,24,25)(H,28,29);5-9H,4,10H2,1-3H3;1-4H,(H2,6,7). The Morgan fingerprint density at radius 3 is 1.09 bits per heavy atom. The number of rotatable bonds is 15. The molecule has 0 atom stereocenters. The second kappa shape index (κ2) is 30.7. The molecule has 0 radical (unpaired) electrons. The maximum atomic E-state index is 13.4. The molecule has 6 heterocycles. The fourth-order valence-corrected chi connectivity index (χ4v) is 12.3. The molecule has 0 unspecified atom stereocenters. The van der Waals surface area contributed by atoms with Gasteiger partial charge in [0, 0.05) is 145 Å². The molecule has 12 rings (SSSR count). The van der Waals surface area contributed by atoms with Crippen molar-refractivity contribution in [3.05, 3.63) is 215 Å². The lowest BCUT2D eigenvalue weighted by atomic mass is 10.1. The number of benzene rings is 6. The van der Waals surface area contributed by atoms with Gasteiger partial charge in [0.15, 0.2) is 16.3 Å². The van der Waals surface area contributed by atoms with Gasteiger partial charge in [0.25, 0.3) is 0 Å². The zero-order chi connectivity index (χ0) is 68.4. The monoisotopic (exact) mass is 1400 g/mol. The molecular formula is C70H66BrCl3N12O9. The first-order valence-electron chi connectivity index (χ1n) is 29.6. The van der Waals surface area contributed by atoms with Gasteiger partial charge in [-0.15, -0.1) is 0 Å². The largest absolute Gasteiger partial charge is 0.480 e. The van der Waals surface area contributed by atoms with Crippen LogP contribution in [0.5, 0.6) is 0 Å². The molecule has 488 valence electrons. The van der Waals surface area contributed by atoms with E-state index in [0.29, 0.717) is 104 Å². The van der Waals surface area contributed by atoms with Crippen LogP contribution in [0.4, 0.5) is 45.5 Å². The molecule has 0 saturated carbocycles. The van der Waals surface area contributed by atoms with Gasteiger partial charge in [-0.05, 0) is 141 Å². The summed E-state index contributed by atoms with van der Waals surface area (Å²) in [5.41, 5.74) is 14.3. The summed E-state index contributed by atoms with van der Waals surface area (Å²) in [5.74, 6) is -1.78. The van der Waals surface area contributed by atoms with Crippen molar-refractivity contribution in [2.45, 2.75) is 33.5 Å². The van der Waals surface area contributed by atoms with Gasteiger partial charge >= 0.3 is 17.9 Å². The molecule has 0 aliphatic rings. The molecule has 0 saturated heterocycles. The molecule has 0 bridgehead atoms. The first-order valence-corrected chi connectivity index (χ1v) is 31.5. The van der Waals surface area contributed by atoms with Crippen LogP contribution in [0.15, 0.2) is 183 Å². The highest BCUT2D eigenvalue weighted by Crippen LogP contribution is 2.38. The summed E-state index contributed by atoms with van der Waals surface area (Å²) in [4.78, 5) is 93.4. The third-order valence-corrected chi connectivity index (χ3v) is 16.3. The molecule has 21 nitrogen and oxygen atoms in total. The van der Waals surface area contributed by atoms with Gasteiger partial charge in [-0.1, -0.05) is 50.7 Å². The Bertz CT molecular complexity index is 5060. The molecule has 0 spiro atoms. The topological polar surface area (TPSA) is 254 Å². The molecule has 12 aromatic rings. The molecule has 6 aromatic heterocycles. The number of hydrogen-bond acceptors (Lipinski definition) is 17. The van der Waals surface area contributed by atoms with Crippen molar-refractivity contribution in [2.24, 2.45) is 0 Å². The van der Waals surface area contributed by atoms with Gasteiger partial charge in [-0.25, -0.2) is 0 Å². The van der Waals surface area contributed by atoms with Crippen molar-refractivity contribution in [2.75, 3.05) is 86.6 Å². The van der Waals surface area contributed by atoms with Crippen molar-refractivity contribution in [3.63, 3.8) is 0 Å². The quantitative estimate of drug-likeness (QED) is 0.0550. The van der Waals surface area contributed by atoms with Gasteiger partial charge in [0.2, 0.25) is 0 Å². The Balaban J connectivity index is 0.000000160. The Labute approximate surface area is 568 Å². The highest BCUT2D eigenvalue weighted by Gasteiger charge is 2.24. The van der Waals surface area contributed by atoms with E-state index in [1.54, 1.807) is 144 Å². The number of carbonyl (C=O) groups is 3. The van der Waals surface area contributed by atoms with E-state index in [9.17, 15) is 33.9 Å². The van der Waals surface area contributed by atoms with Crippen LogP contribution in [0.3, 0.4) is 0 Å². The van der Waals surface area contributed by atoms with E-state index in [1.165, 1.54) is 0 Å². The number of pyridine rings is 6. The third-order valence-electron chi connectivity index (χ3n) is 14.9. The number of hydrogen-bond donors (Lipinski definition) is 4. The van der Waals surface area contributed by atoms with E-state index < -0.39 is 11.9 Å². The van der Waals surface area contributed by atoms with Crippen LogP contribution in [0, 0.1) is 0 Å². The molecule has 0 amide bonds. The number of aliphatic carboxylic acids is 1. The molecular weight excluding hydrogens is 1340 g/mol. The zero-order valence-electron chi connectivity index (χ0n) is 53.0. The van der Waals surface area contributed by atoms with E-state index in [4.69, 9.17) is 50.0 Å². The lowest BCUT2D eigenvalue weighted by Gasteiger charge is -2.22. The lowest BCUT2D eigenvalue weighted by Crippen LogP contribution is -2.21. The molecule has 25 heteroatoms. The summed E-state index contributed by atoms with van der Waals surface area (Å²) in [6.07, 6.45) is 10.0. The van der Waals surface area contributed by atoms with Crippen LogP contribution < -0.4 is 47.4 Å². The predicted octanol–water partition coefficient (Wildman–Crippen LogP) is 13.5. The summed E-state index contributed by atoms with van der Waals surface area (Å²) in [7, 11) is 11.0. The second-order valence-electron chi connectivity index (χ2n) is 21.9. The van der Waals surface area contributed by atoms with Crippen LogP contribution in [0.25, 0.3) is 65.4 Å². The van der Waals surface area contributed by atoms with Gasteiger partial charge in [-0.2, -0.15) is 0 Å². The summed E-state index contributed by atoms with van der Waals surface area (Å²) in [6.45, 7) is 3.70. The molecule has 5 N–H and O–H groups in total. The fraction of sp³-hybridized carbons (Fsp3) is 0.186. The highest BCUT2D eigenvalue weighted by molar-refractivity contribution is 9.10. The maximum absolute atomic E-state index is 13.4. The van der Waals surface area contributed by atoms with E-state index >= 15 is 0 Å². The average Bonchev–Trinajstić information content (AvgIpc) is 0.755. The first kappa shape index (κ1) is 69.1. The summed E-state index contributed by atoms with van der Waals surface area (Å²) in [6, 6.07) is 37.1. The minimum Gasteiger partial charge on any atom is -0.480 e.